The van der Waals surface area contributed by atoms with Crippen molar-refractivity contribution in [3.8, 4) is 6.07 Å². The van der Waals surface area contributed by atoms with Crippen LogP contribution in [0, 0.1) is 11.3 Å². The number of hydrogen-bond donors (Lipinski definition) is 0. The van der Waals surface area contributed by atoms with Crippen LogP contribution in [0.3, 0.4) is 0 Å². The van der Waals surface area contributed by atoms with E-state index < -0.39 is 18.5 Å². The van der Waals surface area contributed by atoms with Crippen molar-refractivity contribution >= 4 is 11.6 Å². The Kier molecular flexibility index (Phi) is 3.59. The molecule has 15 heavy (non-hydrogen) atoms. The minimum atomic E-state index is -4.34. The SMILES string of the molecule is N#C[C@H](CC(F)(F)F)c1cccc(Cl)c1. The number of halogens is 4. The van der Waals surface area contributed by atoms with Crippen molar-refractivity contribution in [1.29, 1.82) is 5.26 Å². The topological polar surface area (TPSA) is 23.8 Å². The highest BCUT2D eigenvalue weighted by molar-refractivity contribution is 6.30. The second-order valence-electron chi connectivity index (χ2n) is 3.06. The Morgan fingerprint density at radius 3 is 2.53 bits per heavy atom. The molecule has 0 radical (unpaired) electrons. The summed E-state index contributed by atoms with van der Waals surface area (Å²) in [7, 11) is 0. The lowest BCUT2D eigenvalue weighted by molar-refractivity contribution is -0.136. The lowest BCUT2D eigenvalue weighted by Gasteiger charge is -2.12. The smallest absolute Gasteiger partial charge is 0.198 e. The monoisotopic (exact) mass is 233 g/mol. The van der Waals surface area contributed by atoms with Crippen LogP contribution in [0.4, 0.5) is 13.2 Å². The normalized spacial score (nSPS) is 13.3. The first-order valence-corrected chi connectivity index (χ1v) is 4.52. The molecule has 5 heteroatoms. The molecular weight excluding hydrogens is 227 g/mol. The van der Waals surface area contributed by atoms with Crippen LogP contribution in [0.15, 0.2) is 24.3 Å². The zero-order valence-electron chi connectivity index (χ0n) is 7.55. The molecule has 0 N–H and O–H groups in total. The molecule has 1 aromatic rings. The van der Waals surface area contributed by atoms with Crippen molar-refractivity contribution in [3.63, 3.8) is 0 Å². The molecule has 0 saturated heterocycles. The van der Waals surface area contributed by atoms with Gasteiger partial charge in [-0.2, -0.15) is 18.4 Å². The highest BCUT2D eigenvalue weighted by Crippen LogP contribution is 2.31. The molecule has 1 rings (SSSR count). The van der Waals surface area contributed by atoms with Crippen LogP contribution >= 0.6 is 11.6 Å². The minimum Gasteiger partial charge on any atom is -0.198 e. The largest absolute Gasteiger partial charge is 0.390 e. The number of benzene rings is 1. The summed E-state index contributed by atoms with van der Waals surface area (Å²) in [5, 5.41) is 8.97. The van der Waals surface area contributed by atoms with E-state index in [9.17, 15) is 13.2 Å². The van der Waals surface area contributed by atoms with E-state index in [1.54, 1.807) is 12.1 Å². The Bertz CT molecular complexity index is 381. The van der Waals surface area contributed by atoms with Gasteiger partial charge < -0.3 is 0 Å². The predicted molar refractivity (Wildman–Crippen MR) is 50.5 cm³/mol. The third-order valence-corrected chi connectivity index (χ3v) is 2.08. The van der Waals surface area contributed by atoms with E-state index in [4.69, 9.17) is 16.9 Å². The predicted octanol–water partition coefficient (Wildman–Crippen LogP) is 3.90. The first-order chi connectivity index (χ1) is 6.92. The number of nitriles is 1. The fraction of sp³-hybridized carbons (Fsp3) is 0.300. The van der Waals surface area contributed by atoms with Crippen LogP contribution in [0.1, 0.15) is 17.9 Å². The quantitative estimate of drug-likeness (QED) is 0.760. The van der Waals surface area contributed by atoms with Crippen LogP contribution in [0.5, 0.6) is 0 Å². The maximum Gasteiger partial charge on any atom is 0.390 e. The highest BCUT2D eigenvalue weighted by Gasteiger charge is 2.32. The van der Waals surface area contributed by atoms with Gasteiger partial charge in [-0.05, 0) is 17.7 Å². The van der Waals surface area contributed by atoms with E-state index in [1.807, 2.05) is 0 Å². The summed E-state index contributed by atoms with van der Waals surface area (Å²) < 4.78 is 36.3. The summed E-state index contributed by atoms with van der Waals surface area (Å²) in [4.78, 5) is 0. The van der Waals surface area contributed by atoms with Crippen LogP contribution in [0.2, 0.25) is 5.02 Å². The number of alkyl halides is 3. The molecule has 1 atom stereocenters. The average molecular weight is 234 g/mol. The van der Waals surface area contributed by atoms with E-state index in [1.165, 1.54) is 18.2 Å². The average Bonchev–Trinajstić information content (AvgIpc) is 2.13. The Balaban J connectivity index is 2.90. The summed E-state index contributed by atoms with van der Waals surface area (Å²) >= 11 is 5.63. The molecule has 0 fully saturated rings. The van der Waals surface area contributed by atoms with Gasteiger partial charge in [0.2, 0.25) is 0 Å². The third kappa shape index (κ3) is 3.80. The van der Waals surface area contributed by atoms with Gasteiger partial charge in [0.05, 0.1) is 18.4 Å². The molecule has 1 nitrogen and oxygen atoms in total. The van der Waals surface area contributed by atoms with Crippen molar-refractivity contribution in [2.75, 3.05) is 0 Å². The van der Waals surface area contributed by atoms with Crippen molar-refractivity contribution in [3.05, 3.63) is 34.9 Å². The van der Waals surface area contributed by atoms with Gasteiger partial charge in [0.15, 0.2) is 0 Å². The summed E-state index contributed by atoms with van der Waals surface area (Å²) in [6.45, 7) is 0. The van der Waals surface area contributed by atoms with Gasteiger partial charge in [-0.3, -0.25) is 0 Å². The Morgan fingerprint density at radius 1 is 1.40 bits per heavy atom. The maximum atomic E-state index is 12.1. The molecule has 1 aromatic carbocycles. The van der Waals surface area contributed by atoms with Gasteiger partial charge >= 0.3 is 6.18 Å². The number of rotatable bonds is 2. The standard InChI is InChI=1S/C10H7ClF3N/c11-9-3-1-2-7(4-9)8(6-15)5-10(12,13)14/h1-4,8H,5H2/t8-/m0/s1. The van der Waals surface area contributed by atoms with Gasteiger partial charge in [-0.25, -0.2) is 0 Å². The molecule has 0 aromatic heterocycles. The van der Waals surface area contributed by atoms with E-state index in [0.29, 0.717) is 10.6 Å². The fourth-order valence-electron chi connectivity index (χ4n) is 1.19. The van der Waals surface area contributed by atoms with E-state index in [2.05, 4.69) is 0 Å². The zero-order chi connectivity index (χ0) is 11.5. The number of hydrogen-bond acceptors (Lipinski definition) is 1. The second-order valence-corrected chi connectivity index (χ2v) is 3.49. The van der Waals surface area contributed by atoms with Gasteiger partial charge in [0.25, 0.3) is 0 Å². The van der Waals surface area contributed by atoms with E-state index >= 15 is 0 Å². The van der Waals surface area contributed by atoms with Gasteiger partial charge in [0, 0.05) is 5.02 Å². The van der Waals surface area contributed by atoms with Crippen molar-refractivity contribution in [2.24, 2.45) is 0 Å². The third-order valence-electron chi connectivity index (χ3n) is 1.84. The van der Waals surface area contributed by atoms with Crippen LogP contribution in [-0.4, -0.2) is 6.18 Å². The highest BCUT2D eigenvalue weighted by atomic mass is 35.5. The molecule has 0 aliphatic heterocycles. The maximum absolute atomic E-state index is 12.1. The lowest BCUT2D eigenvalue weighted by Crippen LogP contribution is -2.12. The van der Waals surface area contributed by atoms with Crippen molar-refractivity contribution in [1.82, 2.24) is 0 Å². The molecule has 0 aliphatic rings. The van der Waals surface area contributed by atoms with Crippen molar-refractivity contribution < 1.29 is 13.2 Å². The van der Waals surface area contributed by atoms with Gasteiger partial charge in [-0.15, -0.1) is 0 Å². The summed E-state index contributed by atoms with van der Waals surface area (Å²) in [5.74, 6) is -1.19. The van der Waals surface area contributed by atoms with Gasteiger partial charge in [-0.1, -0.05) is 23.7 Å². The van der Waals surface area contributed by atoms with E-state index in [0.717, 1.165) is 0 Å². The fourth-order valence-corrected chi connectivity index (χ4v) is 1.39. The van der Waals surface area contributed by atoms with Crippen LogP contribution in [0.25, 0.3) is 0 Å². The first-order valence-electron chi connectivity index (χ1n) is 4.14. The van der Waals surface area contributed by atoms with Crippen LogP contribution in [-0.2, 0) is 0 Å². The molecule has 80 valence electrons. The zero-order valence-corrected chi connectivity index (χ0v) is 8.31. The van der Waals surface area contributed by atoms with Gasteiger partial charge in [0.1, 0.15) is 0 Å². The van der Waals surface area contributed by atoms with E-state index in [-0.39, 0.29) is 0 Å². The summed E-state index contributed by atoms with van der Waals surface area (Å²) in [5.41, 5.74) is 0.294. The molecule has 0 heterocycles. The molecule has 0 spiro atoms. The summed E-state index contributed by atoms with van der Waals surface area (Å²) in [6, 6.07) is 7.54. The molecule has 0 bridgehead atoms. The molecular formula is C10H7ClF3N. The molecule has 0 saturated carbocycles. The second kappa shape index (κ2) is 4.54. The Morgan fingerprint density at radius 2 is 2.07 bits per heavy atom. The van der Waals surface area contributed by atoms with Crippen molar-refractivity contribution in [2.45, 2.75) is 18.5 Å². The Labute approximate surface area is 90.1 Å². The summed E-state index contributed by atoms with van der Waals surface area (Å²) in [6.07, 6.45) is -5.49. The molecule has 0 amide bonds. The number of nitrogens with zero attached hydrogens (tertiary/aromatic N) is 1. The lowest BCUT2D eigenvalue weighted by atomic mass is 9.97. The van der Waals surface area contributed by atoms with Crippen LogP contribution < -0.4 is 0 Å². The molecule has 0 unspecified atom stereocenters. The minimum absolute atomic E-state index is 0.294. The first kappa shape index (κ1) is 11.9. The molecule has 0 aliphatic carbocycles. The Hall–Kier alpha value is -1.21.